The summed E-state index contributed by atoms with van der Waals surface area (Å²) in [6.07, 6.45) is 14.6. The third kappa shape index (κ3) is 10.7. The molecule has 0 aromatic rings. The molecule has 36 heavy (non-hydrogen) atoms. The SMILES string of the molecule is C/C=C(/C=C\CC)N=C(CC=NCCN(C)CCOCC)N1CCS(=O)(=O)C(C)(C)C(C=CCC)C1. The lowest BCUT2D eigenvalue weighted by Gasteiger charge is -2.32. The first-order valence-corrected chi connectivity index (χ1v) is 15.1. The zero-order chi connectivity index (χ0) is 27.0. The summed E-state index contributed by atoms with van der Waals surface area (Å²) in [6.45, 7) is 16.8. The zero-order valence-corrected chi connectivity index (χ0v) is 24.6. The summed E-state index contributed by atoms with van der Waals surface area (Å²) in [5.74, 6) is 0.860. The summed E-state index contributed by atoms with van der Waals surface area (Å²) in [4.78, 5) is 14.0. The molecule has 0 radical (unpaired) electrons. The first-order valence-electron chi connectivity index (χ1n) is 13.4. The molecule has 0 spiro atoms. The Morgan fingerprint density at radius 1 is 1.17 bits per heavy atom. The Balaban J connectivity index is 3.13. The molecule has 0 N–H and O–H groups in total. The lowest BCUT2D eigenvalue weighted by Crippen LogP contribution is -2.42. The van der Waals surface area contributed by atoms with E-state index in [1.165, 1.54) is 0 Å². The van der Waals surface area contributed by atoms with Crippen LogP contribution in [0.2, 0.25) is 0 Å². The van der Waals surface area contributed by atoms with E-state index >= 15 is 0 Å². The highest BCUT2D eigenvalue weighted by molar-refractivity contribution is 7.92. The summed E-state index contributed by atoms with van der Waals surface area (Å²) in [5.41, 5.74) is 0.878. The van der Waals surface area contributed by atoms with Gasteiger partial charge in [-0.2, -0.15) is 0 Å². The summed E-state index contributed by atoms with van der Waals surface area (Å²) in [7, 11) is -1.19. The molecule has 0 aromatic heterocycles. The fourth-order valence-corrected chi connectivity index (χ4v) is 5.47. The van der Waals surface area contributed by atoms with Crippen molar-refractivity contribution in [2.45, 2.75) is 65.6 Å². The van der Waals surface area contributed by atoms with Crippen LogP contribution in [-0.4, -0.2) is 93.8 Å². The van der Waals surface area contributed by atoms with Gasteiger partial charge < -0.3 is 14.5 Å². The first kappa shape index (κ1) is 32.3. The maximum absolute atomic E-state index is 13.2. The van der Waals surface area contributed by atoms with Crippen LogP contribution in [0.25, 0.3) is 0 Å². The van der Waals surface area contributed by atoms with E-state index in [2.05, 4.69) is 53.9 Å². The predicted molar refractivity (Wildman–Crippen MR) is 155 cm³/mol. The van der Waals surface area contributed by atoms with Gasteiger partial charge in [-0.05, 0) is 53.7 Å². The Morgan fingerprint density at radius 3 is 2.53 bits per heavy atom. The number of nitrogens with zero attached hydrogens (tertiary/aromatic N) is 4. The van der Waals surface area contributed by atoms with Crippen molar-refractivity contribution in [2.24, 2.45) is 15.9 Å². The maximum atomic E-state index is 13.2. The van der Waals surface area contributed by atoms with E-state index in [1.54, 1.807) is 0 Å². The van der Waals surface area contributed by atoms with Gasteiger partial charge in [0.25, 0.3) is 0 Å². The summed E-state index contributed by atoms with van der Waals surface area (Å²) in [6, 6.07) is 0. The minimum atomic E-state index is -3.27. The molecule has 206 valence electrons. The van der Waals surface area contributed by atoms with Crippen LogP contribution in [-0.2, 0) is 14.6 Å². The van der Waals surface area contributed by atoms with Crippen LogP contribution >= 0.6 is 0 Å². The molecular formula is C28H50N4O3S. The average Bonchev–Trinajstić information content (AvgIpc) is 2.92. The van der Waals surface area contributed by atoms with Gasteiger partial charge in [0, 0.05) is 51.3 Å². The third-order valence-corrected chi connectivity index (χ3v) is 9.25. The topological polar surface area (TPSA) is 74.6 Å². The van der Waals surface area contributed by atoms with Crippen LogP contribution in [0.5, 0.6) is 0 Å². The molecule has 1 aliphatic heterocycles. The number of allylic oxidation sites excluding steroid dienone is 4. The van der Waals surface area contributed by atoms with Crippen molar-refractivity contribution in [3.63, 3.8) is 0 Å². The molecule has 0 aliphatic carbocycles. The van der Waals surface area contributed by atoms with E-state index in [-0.39, 0.29) is 11.7 Å². The second-order valence-electron chi connectivity index (χ2n) is 9.66. The van der Waals surface area contributed by atoms with Crippen LogP contribution in [0.15, 0.2) is 46.1 Å². The highest BCUT2D eigenvalue weighted by atomic mass is 32.2. The van der Waals surface area contributed by atoms with Crippen molar-refractivity contribution in [1.29, 1.82) is 0 Å². The highest BCUT2D eigenvalue weighted by Crippen LogP contribution is 2.32. The number of rotatable bonds is 14. The molecule has 7 nitrogen and oxygen atoms in total. The van der Waals surface area contributed by atoms with Crippen LogP contribution in [0.3, 0.4) is 0 Å². The smallest absolute Gasteiger partial charge is 0.157 e. The van der Waals surface area contributed by atoms with Gasteiger partial charge in [-0.15, -0.1) is 0 Å². The van der Waals surface area contributed by atoms with E-state index in [1.807, 2.05) is 46.1 Å². The number of ether oxygens (including phenoxy) is 1. The minimum absolute atomic E-state index is 0.118. The van der Waals surface area contributed by atoms with Crippen molar-refractivity contribution in [3.05, 3.63) is 36.1 Å². The van der Waals surface area contributed by atoms with Crippen molar-refractivity contribution in [2.75, 3.05) is 58.7 Å². The Morgan fingerprint density at radius 2 is 1.89 bits per heavy atom. The Kier molecular flexibility index (Phi) is 15.1. The molecule has 8 heteroatoms. The van der Waals surface area contributed by atoms with Gasteiger partial charge in [-0.1, -0.05) is 38.2 Å². The highest BCUT2D eigenvalue weighted by Gasteiger charge is 2.43. The number of amidine groups is 1. The number of hydrogen-bond donors (Lipinski definition) is 0. The molecule has 0 aromatic carbocycles. The van der Waals surface area contributed by atoms with Crippen LogP contribution < -0.4 is 0 Å². The van der Waals surface area contributed by atoms with Crippen LogP contribution in [0.4, 0.5) is 0 Å². The quantitative estimate of drug-likeness (QED) is 0.108. The van der Waals surface area contributed by atoms with Gasteiger partial charge in [-0.25, -0.2) is 13.4 Å². The summed E-state index contributed by atoms with van der Waals surface area (Å²) in [5, 5.41) is 0. The molecule has 0 bridgehead atoms. The van der Waals surface area contributed by atoms with E-state index in [0.29, 0.717) is 26.1 Å². The van der Waals surface area contributed by atoms with E-state index < -0.39 is 14.6 Å². The molecule has 1 atom stereocenters. The maximum Gasteiger partial charge on any atom is 0.157 e. The summed E-state index contributed by atoms with van der Waals surface area (Å²) >= 11 is 0. The fraction of sp³-hybridized carbons (Fsp3) is 0.714. The minimum Gasteiger partial charge on any atom is -0.380 e. The van der Waals surface area contributed by atoms with Crippen LogP contribution in [0, 0.1) is 5.92 Å². The Labute approximate surface area is 221 Å². The number of sulfone groups is 1. The molecule has 0 amide bonds. The third-order valence-electron chi connectivity index (χ3n) is 6.62. The average molecular weight is 523 g/mol. The molecule has 1 heterocycles. The van der Waals surface area contributed by atoms with E-state index in [4.69, 9.17) is 9.73 Å². The molecular weight excluding hydrogens is 472 g/mol. The Bertz CT molecular complexity index is 888. The molecule has 0 saturated carbocycles. The molecule has 1 saturated heterocycles. The number of hydrogen-bond acceptors (Lipinski definition) is 6. The van der Waals surface area contributed by atoms with Gasteiger partial charge in [0.15, 0.2) is 9.84 Å². The van der Waals surface area contributed by atoms with Crippen molar-refractivity contribution < 1.29 is 13.2 Å². The fourth-order valence-electron chi connectivity index (χ4n) is 3.87. The lowest BCUT2D eigenvalue weighted by atomic mass is 9.93. The number of likely N-dealkylation sites (N-methyl/N-ethyl adjacent to an activating group) is 1. The molecule has 1 unspecified atom stereocenters. The monoisotopic (exact) mass is 522 g/mol. The molecule has 1 aliphatic rings. The van der Waals surface area contributed by atoms with Crippen LogP contribution in [0.1, 0.15) is 60.8 Å². The van der Waals surface area contributed by atoms with Gasteiger partial charge >= 0.3 is 0 Å². The second kappa shape index (κ2) is 16.9. The van der Waals surface area contributed by atoms with Crippen molar-refractivity contribution in [1.82, 2.24) is 9.80 Å². The standard InChI is InChI=1S/C28H50N4O3S/c1-8-12-14-25-24-32(21-23-36(33,34)28(25,5)6)27(30-26(10-3)15-13-9-2)16-17-29-18-19-31(7)20-22-35-11-4/h10,12-15,17,25H,8-9,11,16,18-24H2,1-7H3/b14-12?,15-13-,26-10-,29-17?,30-27?. The van der Waals surface area contributed by atoms with Crippen molar-refractivity contribution in [3.8, 4) is 0 Å². The molecule has 1 fully saturated rings. The normalized spacial score (nSPS) is 21.3. The van der Waals surface area contributed by atoms with E-state index in [9.17, 15) is 8.42 Å². The van der Waals surface area contributed by atoms with Gasteiger partial charge in [-0.3, -0.25) is 4.99 Å². The molecule has 1 rings (SSSR count). The zero-order valence-electron chi connectivity index (χ0n) is 23.7. The van der Waals surface area contributed by atoms with Gasteiger partial charge in [0.05, 0.1) is 29.3 Å². The predicted octanol–water partition coefficient (Wildman–Crippen LogP) is 4.78. The summed E-state index contributed by atoms with van der Waals surface area (Å²) < 4.78 is 30.9. The Hall–Kier alpha value is -1.77. The second-order valence-corrected chi connectivity index (χ2v) is 12.3. The van der Waals surface area contributed by atoms with Gasteiger partial charge in [0.2, 0.25) is 0 Å². The number of aliphatic imine (C=N–C) groups is 2. The van der Waals surface area contributed by atoms with Crippen molar-refractivity contribution >= 4 is 21.9 Å². The lowest BCUT2D eigenvalue weighted by molar-refractivity contribution is 0.123. The first-order chi connectivity index (χ1) is 17.1. The van der Waals surface area contributed by atoms with Gasteiger partial charge in [0.1, 0.15) is 5.84 Å². The van der Waals surface area contributed by atoms with E-state index in [0.717, 1.165) is 50.7 Å². The largest absolute Gasteiger partial charge is 0.380 e.